The number of fused-ring (bicyclic) bond motifs is 2. The van der Waals surface area contributed by atoms with Crippen LogP contribution in [0.5, 0.6) is 11.5 Å². The molecule has 0 bridgehead atoms. The predicted octanol–water partition coefficient (Wildman–Crippen LogP) is 1.63. The van der Waals surface area contributed by atoms with Gasteiger partial charge in [-0.15, -0.1) is 0 Å². The van der Waals surface area contributed by atoms with Gasteiger partial charge in [-0.1, -0.05) is 12.1 Å². The summed E-state index contributed by atoms with van der Waals surface area (Å²) in [6.07, 6.45) is 2.25. The summed E-state index contributed by atoms with van der Waals surface area (Å²) in [7, 11) is 0. The number of aromatic nitrogens is 4. The van der Waals surface area contributed by atoms with Gasteiger partial charge >= 0.3 is 0 Å². The molecule has 0 saturated carbocycles. The van der Waals surface area contributed by atoms with Gasteiger partial charge in [-0.25, -0.2) is 9.50 Å². The fourth-order valence-electron chi connectivity index (χ4n) is 3.24. The van der Waals surface area contributed by atoms with Gasteiger partial charge in [0.2, 0.25) is 5.91 Å². The first-order chi connectivity index (χ1) is 13.1. The van der Waals surface area contributed by atoms with E-state index in [9.17, 15) is 4.79 Å². The highest BCUT2D eigenvalue weighted by molar-refractivity contribution is 5.76. The van der Waals surface area contributed by atoms with Crippen LogP contribution in [-0.4, -0.2) is 44.7 Å². The summed E-state index contributed by atoms with van der Waals surface area (Å²) in [4.78, 5) is 20.8. The number of amides is 1. The molecule has 0 saturated heterocycles. The van der Waals surface area contributed by atoms with E-state index < -0.39 is 0 Å². The Kier molecular flexibility index (Phi) is 4.62. The van der Waals surface area contributed by atoms with Crippen molar-refractivity contribution < 1.29 is 14.3 Å². The number of para-hydroxylation sites is 2. The van der Waals surface area contributed by atoms with E-state index in [0.717, 1.165) is 22.7 Å². The number of hydrogen-bond donors (Lipinski definition) is 1. The quantitative estimate of drug-likeness (QED) is 0.737. The van der Waals surface area contributed by atoms with Crippen molar-refractivity contribution in [3.63, 3.8) is 0 Å². The number of carbonyl (C=O) groups is 1. The molecule has 27 heavy (non-hydrogen) atoms. The number of nitrogens with zero attached hydrogens (tertiary/aromatic N) is 4. The molecular weight excluding hydrogens is 346 g/mol. The van der Waals surface area contributed by atoms with Crippen LogP contribution >= 0.6 is 0 Å². The molecule has 8 nitrogen and oxygen atoms in total. The second-order valence-electron chi connectivity index (χ2n) is 6.53. The smallest absolute Gasteiger partial charge is 0.252 e. The van der Waals surface area contributed by atoms with E-state index in [0.29, 0.717) is 37.5 Å². The summed E-state index contributed by atoms with van der Waals surface area (Å²) >= 11 is 0. The van der Waals surface area contributed by atoms with Gasteiger partial charge in [0.1, 0.15) is 19.0 Å². The monoisotopic (exact) mass is 367 g/mol. The van der Waals surface area contributed by atoms with Crippen LogP contribution in [0.4, 0.5) is 0 Å². The molecule has 4 rings (SSSR count). The average Bonchev–Trinajstić information content (AvgIpc) is 3.14. The summed E-state index contributed by atoms with van der Waals surface area (Å²) in [5, 5.41) is 7.10. The van der Waals surface area contributed by atoms with Gasteiger partial charge in [-0.3, -0.25) is 4.79 Å². The summed E-state index contributed by atoms with van der Waals surface area (Å²) < 4.78 is 13.2. The Hall–Kier alpha value is -3.16. The molecule has 0 aliphatic carbocycles. The zero-order valence-corrected chi connectivity index (χ0v) is 15.3. The lowest BCUT2D eigenvalue weighted by Gasteiger charge is -2.26. The summed E-state index contributed by atoms with van der Waals surface area (Å²) in [6.45, 7) is 4.72. The van der Waals surface area contributed by atoms with Crippen molar-refractivity contribution in [3.05, 3.63) is 47.5 Å². The molecule has 8 heteroatoms. The second-order valence-corrected chi connectivity index (χ2v) is 6.53. The summed E-state index contributed by atoms with van der Waals surface area (Å²) in [5.41, 5.74) is 2.86. The molecule has 1 amide bonds. The van der Waals surface area contributed by atoms with Crippen molar-refractivity contribution >= 4 is 11.7 Å². The lowest BCUT2D eigenvalue weighted by molar-refractivity contribution is -0.121. The lowest BCUT2D eigenvalue weighted by atomic mass is 10.1. The van der Waals surface area contributed by atoms with Crippen LogP contribution in [0.3, 0.4) is 0 Å². The highest BCUT2D eigenvalue weighted by atomic mass is 16.6. The Morgan fingerprint density at radius 3 is 2.96 bits per heavy atom. The number of rotatable bonds is 5. The molecule has 2 aromatic heterocycles. The van der Waals surface area contributed by atoms with E-state index in [-0.39, 0.29) is 12.0 Å². The maximum absolute atomic E-state index is 12.3. The van der Waals surface area contributed by atoms with Crippen LogP contribution in [0.1, 0.15) is 23.4 Å². The minimum absolute atomic E-state index is 0.0325. The molecule has 0 radical (unpaired) electrons. The number of ether oxygens (including phenoxy) is 2. The minimum atomic E-state index is -0.194. The number of benzene rings is 1. The fourth-order valence-corrected chi connectivity index (χ4v) is 3.24. The highest BCUT2D eigenvalue weighted by Gasteiger charge is 2.21. The maximum Gasteiger partial charge on any atom is 0.252 e. The van der Waals surface area contributed by atoms with E-state index in [2.05, 4.69) is 20.4 Å². The zero-order chi connectivity index (χ0) is 18.8. The van der Waals surface area contributed by atoms with E-state index in [1.165, 1.54) is 6.33 Å². The molecule has 1 aromatic carbocycles. The molecule has 1 N–H and O–H groups in total. The predicted molar refractivity (Wildman–Crippen MR) is 97.9 cm³/mol. The molecule has 0 unspecified atom stereocenters. The Morgan fingerprint density at radius 2 is 2.11 bits per heavy atom. The van der Waals surface area contributed by atoms with Gasteiger partial charge in [-0.05, 0) is 38.0 Å². The summed E-state index contributed by atoms with van der Waals surface area (Å²) in [5.74, 6) is 1.99. The van der Waals surface area contributed by atoms with Gasteiger partial charge in [-0.2, -0.15) is 10.1 Å². The molecule has 1 aliphatic rings. The maximum atomic E-state index is 12.3. The van der Waals surface area contributed by atoms with Crippen LogP contribution < -0.4 is 14.8 Å². The molecule has 140 valence electrons. The SMILES string of the molecule is Cc1nc2ncnn2c(C)c1CCC(=O)NC[C@H]1COc2ccccc2O1. The first-order valence-corrected chi connectivity index (χ1v) is 8.93. The van der Waals surface area contributed by atoms with Crippen molar-refractivity contribution in [2.24, 2.45) is 0 Å². The second kappa shape index (κ2) is 7.22. The van der Waals surface area contributed by atoms with Crippen molar-refractivity contribution in [2.45, 2.75) is 32.8 Å². The van der Waals surface area contributed by atoms with E-state index in [1.807, 2.05) is 38.1 Å². The lowest BCUT2D eigenvalue weighted by Crippen LogP contribution is -2.40. The highest BCUT2D eigenvalue weighted by Crippen LogP contribution is 2.30. The van der Waals surface area contributed by atoms with Crippen LogP contribution in [-0.2, 0) is 11.2 Å². The molecule has 1 atom stereocenters. The molecule has 0 fully saturated rings. The van der Waals surface area contributed by atoms with Gasteiger partial charge in [0, 0.05) is 17.8 Å². The molecule has 3 heterocycles. The largest absolute Gasteiger partial charge is 0.486 e. The topological polar surface area (TPSA) is 90.6 Å². The third-order valence-electron chi connectivity index (χ3n) is 4.69. The van der Waals surface area contributed by atoms with Crippen LogP contribution in [0.25, 0.3) is 5.78 Å². The minimum Gasteiger partial charge on any atom is -0.486 e. The third kappa shape index (κ3) is 3.55. The van der Waals surface area contributed by atoms with Crippen molar-refractivity contribution in [2.75, 3.05) is 13.2 Å². The normalized spacial score (nSPS) is 15.7. The van der Waals surface area contributed by atoms with Gasteiger partial charge in [0.05, 0.1) is 6.54 Å². The molecular formula is C19H21N5O3. The zero-order valence-electron chi connectivity index (χ0n) is 15.3. The van der Waals surface area contributed by atoms with E-state index in [4.69, 9.17) is 9.47 Å². The molecule has 0 spiro atoms. The van der Waals surface area contributed by atoms with Crippen molar-refractivity contribution in [1.29, 1.82) is 0 Å². The van der Waals surface area contributed by atoms with Crippen LogP contribution in [0.15, 0.2) is 30.6 Å². The van der Waals surface area contributed by atoms with E-state index >= 15 is 0 Å². The Labute approximate surface area is 156 Å². The van der Waals surface area contributed by atoms with E-state index in [1.54, 1.807) is 4.52 Å². The first kappa shape index (κ1) is 17.3. The van der Waals surface area contributed by atoms with Crippen LogP contribution in [0.2, 0.25) is 0 Å². The standard InChI is InChI=1S/C19H21N5O3/c1-12-15(13(2)24-19(23-12)21-11-22-24)7-8-18(25)20-9-14-10-26-16-5-3-4-6-17(16)27-14/h3-6,11,14H,7-10H2,1-2H3,(H,20,25)/t14-/m0/s1. The third-order valence-corrected chi connectivity index (χ3v) is 4.69. The van der Waals surface area contributed by atoms with Gasteiger partial charge < -0.3 is 14.8 Å². The van der Waals surface area contributed by atoms with Crippen molar-refractivity contribution in [3.8, 4) is 11.5 Å². The fraction of sp³-hybridized carbons (Fsp3) is 0.368. The molecule has 3 aromatic rings. The van der Waals surface area contributed by atoms with Crippen molar-refractivity contribution in [1.82, 2.24) is 24.9 Å². The average molecular weight is 367 g/mol. The number of aryl methyl sites for hydroxylation is 2. The number of carbonyl (C=O) groups excluding carboxylic acids is 1. The van der Waals surface area contributed by atoms with Crippen LogP contribution in [0, 0.1) is 13.8 Å². The Bertz CT molecular complexity index is 985. The van der Waals surface area contributed by atoms with Gasteiger partial charge in [0.25, 0.3) is 5.78 Å². The Morgan fingerprint density at radius 1 is 1.30 bits per heavy atom. The number of nitrogens with one attached hydrogen (secondary N) is 1. The Balaban J connectivity index is 1.32. The van der Waals surface area contributed by atoms with Gasteiger partial charge in [0.15, 0.2) is 11.5 Å². The molecule has 1 aliphatic heterocycles. The first-order valence-electron chi connectivity index (χ1n) is 8.93. The number of hydrogen-bond acceptors (Lipinski definition) is 6. The summed E-state index contributed by atoms with van der Waals surface area (Å²) in [6, 6.07) is 7.53.